The van der Waals surface area contributed by atoms with Gasteiger partial charge in [0.05, 0.1) is 41.3 Å². The molecule has 2 saturated carbocycles. The smallest absolute Gasteiger partial charge is 0.311 e. The number of benzene rings is 1. The number of aliphatic hydroxyl groups is 1. The van der Waals surface area contributed by atoms with E-state index in [0.717, 1.165) is 25.7 Å². The fraction of sp³-hybridized carbons (Fsp3) is 0.655. The van der Waals surface area contributed by atoms with Crippen LogP contribution in [0.3, 0.4) is 0 Å². The average molecular weight is 518 g/mol. The van der Waals surface area contributed by atoms with Gasteiger partial charge in [-0.25, -0.2) is 0 Å². The zero-order valence-electron chi connectivity index (χ0n) is 21.9. The number of hydrogen-bond acceptors (Lipinski definition) is 7. The van der Waals surface area contributed by atoms with Gasteiger partial charge in [-0.15, -0.1) is 0 Å². The van der Waals surface area contributed by atoms with Gasteiger partial charge in [-0.3, -0.25) is 24.1 Å². The van der Waals surface area contributed by atoms with Gasteiger partial charge in [0.25, 0.3) is 11.8 Å². The summed E-state index contributed by atoms with van der Waals surface area (Å²) < 4.78 is 10.2. The molecule has 0 radical (unpaired) electrons. The molecule has 2 amide bonds. The van der Waals surface area contributed by atoms with E-state index in [4.69, 9.17) is 9.47 Å². The molecule has 1 N–H and O–H groups in total. The van der Waals surface area contributed by atoms with Crippen molar-refractivity contribution in [3.05, 3.63) is 35.4 Å². The molecule has 206 valence electrons. The summed E-state index contributed by atoms with van der Waals surface area (Å²) in [6, 6.07) is 6.80. The second kappa shape index (κ2) is 12.7. The van der Waals surface area contributed by atoms with Crippen molar-refractivity contribution in [3.8, 4) is 0 Å². The number of hydrogen-bond donors (Lipinski definition) is 1. The maximum atomic E-state index is 12.5. The van der Waals surface area contributed by atoms with E-state index in [1.165, 1.54) is 4.90 Å². The molecule has 1 heterocycles. The zero-order chi connectivity index (χ0) is 26.5. The van der Waals surface area contributed by atoms with Crippen molar-refractivity contribution in [1.82, 2.24) is 4.90 Å². The maximum absolute atomic E-state index is 12.5. The quantitative estimate of drug-likeness (QED) is 0.436. The predicted molar refractivity (Wildman–Crippen MR) is 140 cm³/mol. The van der Waals surface area contributed by atoms with Crippen LogP contribution in [0.2, 0.25) is 0 Å². The van der Waals surface area contributed by atoms with Crippen LogP contribution in [-0.4, -0.2) is 59.1 Å². The lowest BCUT2D eigenvalue weighted by Crippen LogP contribution is -2.45. The largest absolute Gasteiger partial charge is 0.466 e. The lowest BCUT2D eigenvalue weighted by Gasteiger charge is -2.38. The molecule has 4 rings (SSSR count). The highest BCUT2D eigenvalue weighted by molar-refractivity contribution is 6.21. The molecule has 0 aromatic heterocycles. The summed E-state index contributed by atoms with van der Waals surface area (Å²) >= 11 is 0. The number of esters is 2. The zero-order valence-corrected chi connectivity index (χ0v) is 21.9. The first-order valence-electron chi connectivity index (χ1n) is 13.1. The van der Waals surface area contributed by atoms with Crippen LogP contribution in [0.1, 0.15) is 107 Å². The van der Waals surface area contributed by atoms with Gasteiger partial charge in [0.1, 0.15) is 0 Å². The minimum absolute atomic E-state index is 0. The molecule has 1 aromatic rings. The molecule has 8 nitrogen and oxygen atoms in total. The minimum atomic E-state index is -0.509. The van der Waals surface area contributed by atoms with Gasteiger partial charge in [-0.2, -0.15) is 0 Å². The summed E-state index contributed by atoms with van der Waals surface area (Å²) in [7, 11) is 0. The number of fused-ring (bicyclic) bond motifs is 1. The fourth-order valence-electron chi connectivity index (χ4n) is 5.30. The maximum Gasteiger partial charge on any atom is 0.311 e. The van der Waals surface area contributed by atoms with E-state index in [0.29, 0.717) is 50.0 Å². The topological polar surface area (TPSA) is 110 Å². The van der Waals surface area contributed by atoms with Crippen LogP contribution in [0, 0.1) is 10.8 Å². The first-order valence-corrected chi connectivity index (χ1v) is 13.1. The van der Waals surface area contributed by atoms with Crippen molar-refractivity contribution in [1.29, 1.82) is 0 Å². The standard InChI is InChI=1S/C18H21NO4.C10H18O3.CH4/c1-3-23-17(22)18(2)10-8-12(9-11-18)19-15(20)13-6-4-5-7-14(13)16(19)21;1-3-13-9(12)10(2)6-4-8(11)5-7-10;/h4-7,12H,3,8-11H2,1-2H3;8,11H,3-7H2,1-2H3;1H4. The normalized spacial score (nSPS) is 28.8. The minimum Gasteiger partial charge on any atom is -0.466 e. The molecule has 3 aliphatic rings. The Kier molecular flexibility index (Phi) is 10.4. The Morgan fingerprint density at radius 2 is 1.22 bits per heavy atom. The molecule has 0 spiro atoms. The van der Waals surface area contributed by atoms with Crippen molar-refractivity contribution in [2.75, 3.05) is 13.2 Å². The number of carbonyl (C=O) groups is 4. The van der Waals surface area contributed by atoms with Gasteiger partial charge >= 0.3 is 11.9 Å². The third-order valence-electron chi connectivity index (χ3n) is 7.84. The number of ether oxygens (including phenoxy) is 2. The molecule has 2 fully saturated rings. The van der Waals surface area contributed by atoms with E-state index >= 15 is 0 Å². The Morgan fingerprint density at radius 1 is 0.838 bits per heavy atom. The van der Waals surface area contributed by atoms with Gasteiger partial charge in [-0.1, -0.05) is 19.6 Å². The molecule has 8 heteroatoms. The summed E-state index contributed by atoms with van der Waals surface area (Å²) in [5.74, 6) is -0.714. The summed E-state index contributed by atoms with van der Waals surface area (Å²) in [4.78, 5) is 50.0. The van der Waals surface area contributed by atoms with Crippen molar-refractivity contribution < 1.29 is 33.8 Å². The fourth-order valence-corrected chi connectivity index (χ4v) is 5.30. The molecule has 0 saturated heterocycles. The van der Waals surface area contributed by atoms with E-state index < -0.39 is 5.41 Å². The highest BCUT2D eigenvalue weighted by Gasteiger charge is 2.45. The molecule has 0 unspecified atom stereocenters. The average Bonchev–Trinajstić information content (AvgIpc) is 3.12. The monoisotopic (exact) mass is 517 g/mol. The third-order valence-corrected chi connectivity index (χ3v) is 7.84. The Hall–Kier alpha value is -2.74. The lowest BCUT2D eigenvalue weighted by atomic mass is 9.73. The molecule has 37 heavy (non-hydrogen) atoms. The summed E-state index contributed by atoms with van der Waals surface area (Å²) in [5, 5.41) is 9.30. The Bertz CT molecular complexity index is 937. The van der Waals surface area contributed by atoms with Gasteiger partial charge in [-0.05, 0) is 91.2 Å². The van der Waals surface area contributed by atoms with Gasteiger partial charge in [0, 0.05) is 6.04 Å². The predicted octanol–water partition coefficient (Wildman–Crippen LogP) is 4.92. The van der Waals surface area contributed by atoms with Crippen LogP contribution in [-0.2, 0) is 19.1 Å². The molecule has 0 atom stereocenters. The Balaban J connectivity index is 0.000000295. The van der Waals surface area contributed by atoms with E-state index in [1.54, 1.807) is 31.2 Å². The van der Waals surface area contributed by atoms with Crippen LogP contribution >= 0.6 is 0 Å². The molecular formula is C29H43NO7. The van der Waals surface area contributed by atoms with Crippen LogP contribution in [0.15, 0.2) is 24.3 Å². The van der Waals surface area contributed by atoms with Crippen LogP contribution in [0.25, 0.3) is 0 Å². The third kappa shape index (κ3) is 6.58. The molecular weight excluding hydrogens is 474 g/mol. The summed E-state index contributed by atoms with van der Waals surface area (Å²) in [5.41, 5.74) is 0.105. The first-order chi connectivity index (χ1) is 17.1. The number of carbonyl (C=O) groups excluding carboxylic acids is 4. The number of nitrogens with zero attached hydrogens (tertiary/aromatic N) is 1. The molecule has 0 bridgehead atoms. The van der Waals surface area contributed by atoms with Crippen molar-refractivity contribution in [2.45, 2.75) is 98.6 Å². The Labute approximate surface area is 220 Å². The first kappa shape index (κ1) is 30.5. The van der Waals surface area contributed by atoms with Crippen LogP contribution < -0.4 is 0 Å². The van der Waals surface area contributed by atoms with Crippen LogP contribution in [0.5, 0.6) is 0 Å². The Morgan fingerprint density at radius 3 is 1.59 bits per heavy atom. The molecule has 1 aromatic carbocycles. The van der Waals surface area contributed by atoms with Gasteiger partial charge < -0.3 is 14.6 Å². The number of imide groups is 1. The lowest BCUT2D eigenvalue weighted by molar-refractivity contribution is -0.158. The molecule has 1 aliphatic heterocycles. The van der Waals surface area contributed by atoms with Crippen molar-refractivity contribution in [3.63, 3.8) is 0 Å². The second-order valence-electron chi connectivity index (χ2n) is 10.6. The van der Waals surface area contributed by atoms with E-state index in [-0.39, 0.29) is 48.7 Å². The van der Waals surface area contributed by atoms with Crippen molar-refractivity contribution in [2.24, 2.45) is 10.8 Å². The molecule has 2 aliphatic carbocycles. The van der Waals surface area contributed by atoms with Crippen LogP contribution in [0.4, 0.5) is 0 Å². The number of aliphatic hydroxyl groups excluding tert-OH is 1. The van der Waals surface area contributed by atoms with E-state index in [2.05, 4.69) is 0 Å². The summed E-state index contributed by atoms with van der Waals surface area (Å²) in [6.07, 6.45) is 5.24. The van der Waals surface area contributed by atoms with Crippen molar-refractivity contribution >= 4 is 23.8 Å². The SMILES string of the molecule is C.CCOC(=O)C1(C)CCC(N2C(=O)c3ccccc3C2=O)CC1.CCOC(=O)C1(C)CCC(O)CC1. The van der Waals surface area contributed by atoms with E-state index in [9.17, 15) is 24.3 Å². The highest BCUT2D eigenvalue weighted by Crippen LogP contribution is 2.40. The van der Waals surface area contributed by atoms with Gasteiger partial charge in [0.15, 0.2) is 0 Å². The number of rotatable bonds is 5. The second-order valence-corrected chi connectivity index (χ2v) is 10.6. The van der Waals surface area contributed by atoms with E-state index in [1.807, 2.05) is 20.8 Å². The van der Waals surface area contributed by atoms with Gasteiger partial charge in [0.2, 0.25) is 0 Å². The summed E-state index contributed by atoms with van der Waals surface area (Å²) in [6.45, 7) is 8.26. The number of amides is 2. The highest BCUT2D eigenvalue weighted by atomic mass is 16.5.